The van der Waals surface area contributed by atoms with Gasteiger partial charge in [0.1, 0.15) is 17.9 Å². The Hall–Kier alpha value is -3.27. The average Bonchev–Trinajstić information content (AvgIpc) is 3.25. The predicted octanol–water partition coefficient (Wildman–Crippen LogP) is 1.25. The first-order chi connectivity index (χ1) is 17.2. The van der Waals surface area contributed by atoms with E-state index in [2.05, 4.69) is 21.3 Å². The second-order valence-electron chi connectivity index (χ2n) is 9.69. The molecule has 0 aromatic heterocycles. The molecule has 0 radical (unpaired) electrons. The molecule has 4 amide bonds. The van der Waals surface area contributed by atoms with E-state index in [-0.39, 0.29) is 48.4 Å². The average molecular weight is 500 g/mol. The van der Waals surface area contributed by atoms with Gasteiger partial charge in [-0.1, -0.05) is 25.0 Å². The molecule has 10 heteroatoms. The fraction of sp³-hybridized carbons (Fsp3) is 0.577. The third kappa shape index (κ3) is 7.13. The van der Waals surface area contributed by atoms with Crippen LogP contribution in [0.5, 0.6) is 0 Å². The summed E-state index contributed by atoms with van der Waals surface area (Å²) in [6, 6.07) is 5.40. The molecule has 4 atom stereocenters. The lowest BCUT2D eigenvalue weighted by atomic mass is 9.98. The Morgan fingerprint density at radius 3 is 2.56 bits per heavy atom. The van der Waals surface area contributed by atoms with Crippen molar-refractivity contribution in [1.29, 1.82) is 0 Å². The Morgan fingerprint density at radius 1 is 1.08 bits per heavy atom. The lowest BCUT2D eigenvalue weighted by Gasteiger charge is -2.35. The third-order valence-corrected chi connectivity index (χ3v) is 6.87. The van der Waals surface area contributed by atoms with Crippen LogP contribution in [0.25, 0.3) is 0 Å². The number of anilines is 1. The summed E-state index contributed by atoms with van der Waals surface area (Å²) in [5.74, 6) is -1.26. The number of ketones is 1. The first kappa shape index (κ1) is 27.3. The number of Topliss-reactive ketones (excluding diaryl/α,β-unsaturated/α-hetero) is 1. The van der Waals surface area contributed by atoms with Crippen LogP contribution in [0.2, 0.25) is 0 Å². The maximum Gasteiger partial charge on any atom is 0.246 e. The minimum absolute atomic E-state index is 0.00510. The second kappa shape index (κ2) is 12.6. The number of carbonyl (C=O) groups excluding carboxylic acids is 5. The highest BCUT2D eigenvalue weighted by Crippen LogP contribution is 2.31. The Morgan fingerprint density at radius 2 is 1.83 bits per heavy atom. The van der Waals surface area contributed by atoms with E-state index < -0.39 is 18.1 Å². The zero-order valence-corrected chi connectivity index (χ0v) is 21.3. The van der Waals surface area contributed by atoms with Crippen molar-refractivity contribution in [3.05, 3.63) is 29.8 Å². The fourth-order valence-corrected chi connectivity index (χ4v) is 4.85. The van der Waals surface area contributed by atoms with Crippen molar-refractivity contribution in [1.82, 2.24) is 20.9 Å². The number of nitrogens with one attached hydrogen (secondary N) is 4. The van der Waals surface area contributed by atoms with E-state index in [9.17, 15) is 24.0 Å². The molecule has 196 valence electrons. The van der Waals surface area contributed by atoms with Crippen LogP contribution >= 0.6 is 0 Å². The molecule has 36 heavy (non-hydrogen) atoms. The summed E-state index contributed by atoms with van der Waals surface area (Å²) in [5.41, 5.74) is 1.32. The lowest BCUT2D eigenvalue weighted by molar-refractivity contribution is -0.144. The lowest BCUT2D eigenvalue weighted by Crippen LogP contribution is -2.57. The second-order valence-corrected chi connectivity index (χ2v) is 9.69. The molecule has 3 rings (SSSR count). The molecule has 0 unspecified atom stereocenters. The quantitative estimate of drug-likeness (QED) is 0.378. The topological polar surface area (TPSA) is 137 Å². The summed E-state index contributed by atoms with van der Waals surface area (Å²) in [7, 11) is 1.69. The zero-order valence-electron chi connectivity index (χ0n) is 21.3. The third-order valence-electron chi connectivity index (χ3n) is 6.87. The Balaban J connectivity index is 1.64. The Kier molecular flexibility index (Phi) is 9.58. The molecule has 4 N–H and O–H groups in total. The van der Waals surface area contributed by atoms with Gasteiger partial charge in [0.15, 0.2) is 0 Å². The number of carbonyl (C=O) groups is 5. The van der Waals surface area contributed by atoms with Crippen molar-refractivity contribution in [3.63, 3.8) is 0 Å². The molecule has 2 aliphatic rings. The van der Waals surface area contributed by atoms with Crippen LogP contribution in [0.15, 0.2) is 24.3 Å². The van der Waals surface area contributed by atoms with Crippen molar-refractivity contribution >= 4 is 35.1 Å². The number of nitrogens with zero attached hydrogens (tertiary/aromatic N) is 1. The number of amides is 4. The van der Waals surface area contributed by atoms with E-state index in [0.717, 1.165) is 31.2 Å². The molecule has 2 fully saturated rings. The van der Waals surface area contributed by atoms with E-state index in [4.69, 9.17) is 0 Å². The largest absolute Gasteiger partial charge is 0.350 e. The van der Waals surface area contributed by atoms with E-state index in [0.29, 0.717) is 18.5 Å². The summed E-state index contributed by atoms with van der Waals surface area (Å²) >= 11 is 0. The number of rotatable bonds is 9. The predicted molar refractivity (Wildman–Crippen MR) is 135 cm³/mol. The molecule has 1 aromatic carbocycles. The Bertz CT molecular complexity index is 997. The normalized spacial score (nSPS) is 22.6. The molecule has 0 saturated carbocycles. The number of benzene rings is 1. The maximum absolute atomic E-state index is 13.5. The number of hydrogen-bond donors (Lipinski definition) is 4. The van der Waals surface area contributed by atoms with Gasteiger partial charge in [-0.3, -0.25) is 24.0 Å². The highest BCUT2D eigenvalue weighted by atomic mass is 16.2. The van der Waals surface area contributed by atoms with Gasteiger partial charge in [-0.25, -0.2) is 0 Å². The van der Waals surface area contributed by atoms with Gasteiger partial charge in [-0.15, -0.1) is 0 Å². The minimum Gasteiger partial charge on any atom is -0.350 e. The first-order valence-electron chi connectivity index (χ1n) is 12.6. The molecule has 2 saturated heterocycles. The molecule has 0 bridgehead atoms. The zero-order chi connectivity index (χ0) is 26.2. The van der Waals surface area contributed by atoms with Gasteiger partial charge in [0.05, 0.1) is 12.5 Å². The highest BCUT2D eigenvalue weighted by Gasteiger charge is 2.43. The van der Waals surface area contributed by atoms with Gasteiger partial charge < -0.3 is 26.2 Å². The van der Waals surface area contributed by atoms with Crippen LogP contribution in [0.1, 0.15) is 64.4 Å². The Labute approximate surface area is 211 Å². The van der Waals surface area contributed by atoms with Crippen molar-refractivity contribution in [2.45, 2.75) is 89.5 Å². The first-order valence-corrected chi connectivity index (χ1v) is 12.6. The van der Waals surface area contributed by atoms with E-state index in [1.165, 1.54) is 6.92 Å². The monoisotopic (exact) mass is 499 g/mol. The molecule has 0 aliphatic carbocycles. The van der Waals surface area contributed by atoms with E-state index in [1.54, 1.807) is 37.1 Å². The maximum atomic E-state index is 13.5. The van der Waals surface area contributed by atoms with Crippen molar-refractivity contribution in [2.75, 3.05) is 12.4 Å². The highest BCUT2D eigenvalue weighted by molar-refractivity contribution is 6.03. The summed E-state index contributed by atoms with van der Waals surface area (Å²) in [4.78, 5) is 63.8. The molecule has 10 nitrogen and oxygen atoms in total. The van der Waals surface area contributed by atoms with Crippen molar-refractivity contribution < 1.29 is 24.0 Å². The van der Waals surface area contributed by atoms with Crippen LogP contribution in [0, 0.1) is 0 Å². The van der Waals surface area contributed by atoms with Gasteiger partial charge in [-0.2, -0.15) is 0 Å². The molecule has 2 aliphatic heterocycles. The molecule has 2 heterocycles. The van der Waals surface area contributed by atoms with Crippen LogP contribution in [-0.2, 0) is 30.5 Å². The SMILES string of the molecule is CN[C@@H](C)C(=O)N[C@H]1CCCC[C@H]2CC[C@@H](C(=O)NCc3cccc(NC(=O)CC(C)=O)c3)N2C1=O. The molecule has 0 spiro atoms. The van der Waals surface area contributed by atoms with Gasteiger partial charge in [0, 0.05) is 18.3 Å². The molecular formula is C26H37N5O5. The van der Waals surface area contributed by atoms with Gasteiger partial charge in [-0.05, 0) is 64.3 Å². The fourth-order valence-electron chi connectivity index (χ4n) is 4.85. The van der Waals surface area contributed by atoms with Crippen LogP contribution in [-0.4, -0.2) is 65.5 Å². The number of likely N-dealkylation sites (N-methyl/N-ethyl adjacent to an activating group) is 1. The van der Waals surface area contributed by atoms with E-state index in [1.807, 2.05) is 6.07 Å². The van der Waals surface area contributed by atoms with Gasteiger partial charge >= 0.3 is 0 Å². The van der Waals surface area contributed by atoms with Gasteiger partial charge in [0.2, 0.25) is 23.6 Å². The van der Waals surface area contributed by atoms with Gasteiger partial charge in [0.25, 0.3) is 0 Å². The number of hydrogen-bond acceptors (Lipinski definition) is 6. The molecule has 1 aromatic rings. The van der Waals surface area contributed by atoms with Crippen LogP contribution in [0.3, 0.4) is 0 Å². The minimum atomic E-state index is -0.639. The number of fused-ring (bicyclic) bond motifs is 1. The standard InChI is InChI=1S/C26H37N5O5/c1-16(32)13-23(33)29-19-8-6-7-18(14-19)15-28-25(35)22-12-11-20-9-4-5-10-21(26(36)31(20)22)30-24(34)17(2)27-3/h6-8,14,17,20-22,27H,4-5,9-13,15H2,1-3H3,(H,28,35)(H,29,33)(H,30,34)/t17-,20-,21-,22-/m0/s1. The summed E-state index contributed by atoms with van der Waals surface area (Å²) in [5, 5.41) is 11.4. The van der Waals surface area contributed by atoms with Crippen LogP contribution < -0.4 is 21.3 Å². The summed E-state index contributed by atoms with van der Waals surface area (Å²) < 4.78 is 0. The summed E-state index contributed by atoms with van der Waals surface area (Å²) in [6.07, 6.45) is 4.35. The van der Waals surface area contributed by atoms with Crippen molar-refractivity contribution in [2.24, 2.45) is 0 Å². The molecular weight excluding hydrogens is 462 g/mol. The van der Waals surface area contributed by atoms with Crippen molar-refractivity contribution in [3.8, 4) is 0 Å². The van der Waals surface area contributed by atoms with Crippen LogP contribution in [0.4, 0.5) is 5.69 Å². The van der Waals surface area contributed by atoms with E-state index >= 15 is 0 Å². The smallest absolute Gasteiger partial charge is 0.246 e. The summed E-state index contributed by atoms with van der Waals surface area (Å²) in [6.45, 7) is 3.33.